The summed E-state index contributed by atoms with van der Waals surface area (Å²) in [6, 6.07) is 8.78. The van der Waals surface area contributed by atoms with Gasteiger partial charge < -0.3 is 5.11 Å². The van der Waals surface area contributed by atoms with Gasteiger partial charge in [0, 0.05) is 34.7 Å². The first kappa shape index (κ1) is 14.2. The largest absolute Gasteiger partial charge is 0.481 e. The van der Waals surface area contributed by atoms with Crippen LogP contribution in [0.4, 0.5) is 0 Å². The fourth-order valence-electron chi connectivity index (χ4n) is 4.16. The van der Waals surface area contributed by atoms with Crippen LogP contribution in [0.2, 0.25) is 0 Å². The van der Waals surface area contributed by atoms with E-state index in [2.05, 4.69) is 44.0 Å². The average molecular weight is 361 g/mol. The van der Waals surface area contributed by atoms with E-state index in [9.17, 15) is 9.90 Å². The highest BCUT2D eigenvalue weighted by Crippen LogP contribution is 2.43. The van der Waals surface area contributed by atoms with Crippen molar-refractivity contribution in [3.8, 4) is 0 Å². The number of aliphatic carboxylic acids is 1. The van der Waals surface area contributed by atoms with Crippen LogP contribution < -0.4 is 0 Å². The Labute approximate surface area is 137 Å². The normalized spacial score (nSPS) is 27.6. The van der Waals surface area contributed by atoms with Gasteiger partial charge in [-0.3, -0.25) is 14.7 Å². The Bertz CT molecular complexity index is 749. The highest BCUT2D eigenvalue weighted by atomic mass is 79.9. The summed E-state index contributed by atoms with van der Waals surface area (Å²) in [4.78, 5) is 18.3. The van der Waals surface area contributed by atoms with Crippen molar-refractivity contribution >= 4 is 32.8 Å². The van der Waals surface area contributed by atoms with Crippen LogP contribution >= 0.6 is 15.9 Å². The summed E-state index contributed by atoms with van der Waals surface area (Å²) in [6.45, 7) is 0.784. The molecule has 0 spiro atoms. The number of nitrogens with zero attached hydrogens (tertiary/aromatic N) is 2. The predicted molar refractivity (Wildman–Crippen MR) is 87.5 cm³/mol. The number of hydrogen-bond donors (Lipinski definition) is 1. The number of fused-ring (bicyclic) bond motifs is 3. The van der Waals surface area contributed by atoms with Crippen molar-refractivity contribution in [1.29, 1.82) is 0 Å². The van der Waals surface area contributed by atoms with Crippen molar-refractivity contribution in [2.75, 3.05) is 0 Å². The topological polar surface area (TPSA) is 53.4 Å². The lowest BCUT2D eigenvalue weighted by molar-refractivity contribution is -0.142. The first-order valence-corrected chi connectivity index (χ1v) is 8.44. The molecule has 3 unspecified atom stereocenters. The van der Waals surface area contributed by atoms with Crippen molar-refractivity contribution in [3.05, 3.63) is 40.5 Å². The number of hydrogen-bond acceptors (Lipinski definition) is 3. The molecule has 4 nitrogen and oxygen atoms in total. The lowest BCUT2D eigenvalue weighted by Gasteiger charge is -2.23. The van der Waals surface area contributed by atoms with Crippen LogP contribution in [0, 0.1) is 5.92 Å². The molecule has 114 valence electrons. The van der Waals surface area contributed by atoms with Crippen LogP contribution in [0.3, 0.4) is 0 Å². The molecule has 0 saturated carbocycles. The molecule has 0 aliphatic carbocycles. The summed E-state index contributed by atoms with van der Waals surface area (Å²) in [5, 5.41) is 10.5. The Morgan fingerprint density at radius 2 is 2.27 bits per heavy atom. The van der Waals surface area contributed by atoms with Gasteiger partial charge in [0.05, 0.1) is 11.4 Å². The van der Waals surface area contributed by atoms with E-state index in [0.29, 0.717) is 6.04 Å². The van der Waals surface area contributed by atoms with E-state index in [1.165, 1.54) is 5.56 Å². The zero-order valence-electron chi connectivity index (χ0n) is 12.1. The van der Waals surface area contributed by atoms with Gasteiger partial charge in [0.1, 0.15) is 0 Å². The van der Waals surface area contributed by atoms with Gasteiger partial charge in [-0.15, -0.1) is 0 Å². The Morgan fingerprint density at radius 3 is 3.05 bits per heavy atom. The van der Waals surface area contributed by atoms with Crippen molar-refractivity contribution in [3.63, 3.8) is 0 Å². The number of aromatic nitrogens is 1. The molecule has 22 heavy (non-hydrogen) atoms. The molecule has 3 heterocycles. The van der Waals surface area contributed by atoms with E-state index in [-0.39, 0.29) is 12.0 Å². The van der Waals surface area contributed by atoms with E-state index < -0.39 is 5.97 Å². The van der Waals surface area contributed by atoms with E-state index in [0.717, 1.165) is 41.2 Å². The molecular weight excluding hydrogens is 344 g/mol. The third-order valence-corrected chi connectivity index (χ3v) is 5.56. The highest BCUT2D eigenvalue weighted by Gasteiger charge is 2.49. The minimum atomic E-state index is -0.644. The molecule has 2 aliphatic heterocycles. The number of carbonyl (C=O) groups is 1. The minimum Gasteiger partial charge on any atom is -0.481 e. The number of rotatable bonds is 3. The van der Waals surface area contributed by atoms with E-state index in [4.69, 9.17) is 0 Å². The van der Waals surface area contributed by atoms with Crippen LogP contribution in [-0.2, 0) is 11.3 Å². The van der Waals surface area contributed by atoms with Gasteiger partial charge in [0.25, 0.3) is 0 Å². The molecule has 3 atom stereocenters. The van der Waals surface area contributed by atoms with Crippen molar-refractivity contribution in [1.82, 2.24) is 9.88 Å². The van der Waals surface area contributed by atoms with E-state index in [1.807, 2.05) is 12.3 Å². The highest BCUT2D eigenvalue weighted by molar-refractivity contribution is 9.10. The smallest absolute Gasteiger partial charge is 0.308 e. The molecular formula is C17H17BrN2O2. The van der Waals surface area contributed by atoms with E-state index in [1.54, 1.807) is 0 Å². The minimum absolute atomic E-state index is 0.181. The Morgan fingerprint density at radius 1 is 1.41 bits per heavy atom. The van der Waals surface area contributed by atoms with Gasteiger partial charge in [-0.05, 0) is 43.0 Å². The predicted octanol–water partition coefficient (Wildman–Crippen LogP) is 3.43. The first-order valence-electron chi connectivity index (χ1n) is 7.65. The molecule has 5 heteroatoms. The lowest BCUT2D eigenvalue weighted by atomic mass is 9.89. The Balaban J connectivity index is 1.69. The van der Waals surface area contributed by atoms with Crippen LogP contribution in [0.25, 0.3) is 10.9 Å². The summed E-state index contributed by atoms with van der Waals surface area (Å²) in [6.07, 6.45) is 4.73. The molecule has 2 aromatic rings. The average Bonchev–Trinajstić information content (AvgIpc) is 3.04. The lowest BCUT2D eigenvalue weighted by Crippen LogP contribution is -2.32. The second kappa shape index (κ2) is 5.32. The Hall–Kier alpha value is -1.46. The summed E-state index contributed by atoms with van der Waals surface area (Å²) in [5.74, 6) is -0.848. The molecule has 0 radical (unpaired) electrons. The summed E-state index contributed by atoms with van der Waals surface area (Å²) < 4.78 is 1.05. The van der Waals surface area contributed by atoms with Crippen LogP contribution in [0.5, 0.6) is 0 Å². The molecule has 2 aliphatic rings. The number of benzene rings is 1. The third kappa shape index (κ3) is 2.23. The first-order chi connectivity index (χ1) is 10.6. The van der Waals surface area contributed by atoms with Gasteiger partial charge in [-0.2, -0.15) is 0 Å². The number of pyridine rings is 1. The molecule has 4 rings (SSSR count). The summed E-state index contributed by atoms with van der Waals surface area (Å²) in [7, 11) is 0. The number of halogens is 1. The molecule has 0 amide bonds. The second-order valence-electron chi connectivity index (χ2n) is 6.29. The van der Waals surface area contributed by atoms with Crippen LogP contribution in [0.15, 0.2) is 34.9 Å². The molecule has 1 aromatic carbocycles. The van der Waals surface area contributed by atoms with Gasteiger partial charge in [0.2, 0.25) is 0 Å². The molecule has 2 saturated heterocycles. The van der Waals surface area contributed by atoms with Crippen molar-refractivity contribution in [2.45, 2.75) is 37.9 Å². The van der Waals surface area contributed by atoms with Crippen LogP contribution in [-0.4, -0.2) is 33.0 Å². The zero-order valence-corrected chi connectivity index (χ0v) is 13.7. The standard InChI is InChI=1S/C17H17BrN2O2/c18-12-6-10-2-1-5-19-16(10)11(7-12)9-20-13-3-4-15(20)14(8-13)17(21)22/h1-2,5-7,13-15H,3-4,8-9H2,(H,21,22). The maximum atomic E-state index is 11.4. The number of carboxylic acid groups (broad SMARTS) is 1. The molecule has 1 N–H and O–H groups in total. The molecule has 1 aromatic heterocycles. The monoisotopic (exact) mass is 360 g/mol. The maximum Gasteiger partial charge on any atom is 0.308 e. The molecule has 2 bridgehead atoms. The van der Waals surface area contributed by atoms with Gasteiger partial charge in [0.15, 0.2) is 0 Å². The summed E-state index contributed by atoms with van der Waals surface area (Å²) in [5.41, 5.74) is 2.19. The quantitative estimate of drug-likeness (QED) is 0.910. The van der Waals surface area contributed by atoms with Crippen molar-refractivity contribution < 1.29 is 9.90 Å². The fraction of sp³-hybridized carbons (Fsp3) is 0.412. The van der Waals surface area contributed by atoms with Crippen LogP contribution in [0.1, 0.15) is 24.8 Å². The second-order valence-corrected chi connectivity index (χ2v) is 7.21. The maximum absolute atomic E-state index is 11.4. The van der Waals surface area contributed by atoms with Gasteiger partial charge >= 0.3 is 5.97 Å². The van der Waals surface area contributed by atoms with E-state index >= 15 is 0 Å². The van der Waals surface area contributed by atoms with Gasteiger partial charge in [-0.25, -0.2) is 0 Å². The third-order valence-electron chi connectivity index (χ3n) is 5.10. The molecule has 2 fully saturated rings. The fourth-order valence-corrected chi connectivity index (χ4v) is 4.68. The number of carboxylic acids is 1. The zero-order chi connectivity index (χ0) is 15.3. The van der Waals surface area contributed by atoms with Gasteiger partial charge in [-0.1, -0.05) is 22.0 Å². The Kier molecular flexibility index (Phi) is 3.42. The van der Waals surface area contributed by atoms with Crippen molar-refractivity contribution in [2.24, 2.45) is 5.92 Å². The summed E-state index contributed by atoms with van der Waals surface area (Å²) >= 11 is 3.57. The SMILES string of the molecule is O=C(O)C1CC2CCC1N2Cc1cc(Br)cc2cccnc12.